The number of halogens is 1. The van der Waals surface area contributed by atoms with Crippen molar-refractivity contribution >= 4 is 33.9 Å². The highest BCUT2D eigenvalue weighted by molar-refractivity contribution is 14.1. The largest absolute Gasteiger partial charge is 0.249 e. The second-order valence-corrected chi connectivity index (χ2v) is 4.31. The van der Waals surface area contributed by atoms with Gasteiger partial charge in [-0.05, 0) is 29.5 Å². The van der Waals surface area contributed by atoms with Crippen LogP contribution in [0.2, 0.25) is 0 Å². The molecule has 1 aromatic heterocycles. The van der Waals surface area contributed by atoms with Gasteiger partial charge in [0.15, 0.2) is 0 Å². The molecule has 0 aliphatic rings. The average molecular weight is 225 g/mol. The van der Waals surface area contributed by atoms with Crippen molar-refractivity contribution in [2.24, 2.45) is 0 Å². The van der Waals surface area contributed by atoms with Crippen LogP contribution in [0.1, 0.15) is 5.01 Å². The highest BCUT2D eigenvalue weighted by Gasteiger charge is 1.87. The lowest BCUT2D eigenvalue weighted by molar-refractivity contribution is 1.29. The summed E-state index contributed by atoms with van der Waals surface area (Å²) in [4.78, 5) is 4.03. The molecule has 0 fully saturated rings. The monoisotopic (exact) mass is 225 g/mol. The van der Waals surface area contributed by atoms with E-state index in [-0.39, 0.29) is 0 Å². The second kappa shape index (κ2) is 2.09. The average Bonchev–Trinajstić information content (AvgIpc) is 1.87. The first kappa shape index (κ1) is 5.50. The molecule has 0 aromatic carbocycles. The van der Waals surface area contributed by atoms with E-state index in [1.54, 1.807) is 11.3 Å². The van der Waals surface area contributed by atoms with Crippen LogP contribution < -0.4 is 0 Å². The minimum atomic E-state index is 1.14. The topological polar surface area (TPSA) is 12.9 Å². The molecular weight excluding hydrogens is 221 g/mol. The summed E-state index contributed by atoms with van der Waals surface area (Å²) in [5, 5.41) is 1.14. The van der Waals surface area contributed by atoms with Crippen LogP contribution in [0, 0.1) is 9.81 Å². The zero-order valence-corrected chi connectivity index (χ0v) is 6.78. The Morgan fingerprint density at radius 1 is 1.86 bits per heavy atom. The number of aromatic nitrogens is 1. The molecule has 3 heteroatoms. The van der Waals surface area contributed by atoms with Crippen LogP contribution in [0.4, 0.5) is 0 Å². The van der Waals surface area contributed by atoms with E-state index in [1.807, 2.05) is 13.1 Å². The summed E-state index contributed by atoms with van der Waals surface area (Å²) in [5.74, 6) is 0. The van der Waals surface area contributed by atoms with Crippen LogP contribution >= 0.6 is 33.9 Å². The summed E-state index contributed by atoms with van der Waals surface area (Å²) in [6, 6.07) is 0. The molecule has 0 atom stereocenters. The standard InChI is InChI=1S/C4H4INS/c1-3-6-2-4(5)7-3/h2H,1H3. The van der Waals surface area contributed by atoms with Gasteiger partial charge in [0, 0.05) is 0 Å². The van der Waals surface area contributed by atoms with E-state index in [2.05, 4.69) is 27.6 Å². The molecule has 0 unspecified atom stereocenters. The molecule has 0 saturated heterocycles. The third kappa shape index (κ3) is 1.38. The lowest BCUT2D eigenvalue weighted by Crippen LogP contribution is -1.57. The Labute approximate surface area is 59.9 Å². The quantitative estimate of drug-likeness (QED) is 0.616. The number of hydrogen-bond acceptors (Lipinski definition) is 2. The lowest BCUT2D eigenvalue weighted by atomic mass is 10.8. The van der Waals surface area contributed by atoms with Crippen molar-refractivity contribution in [3.8, 4) is 0 Å². The van der Waals surface area contributed by atoms with Crippen LogP contribution in [0.25, 0.3) is 0 Å². The fourth-order valence-corrected chi connectivity index (χ4v) is 1.92. The lowest BCUT2D eigenvalue weighted by Gasteiger charge is -1.67. The van der Waals surface area contributed by atoms with Gasteiger partial charge in [-0.15, -0.1) is 11.3 Å². The molecule has 0 aliphatic carbocycles. The minimum Gasteiger partial charge on any atom is -0.249 e. The zero-order valence-electron chi connectivity index (χ0n) is 3.81. The van der Waals surface area contributed by atoms with Crippen molar-refractivity contribution < 1.29 is 0 Å². The van der Waals surface area contributed by atoms with E-state index in [1.165, 1.54) is 2.88 Å². The maximum absolute atomic E-state index is 4.03. The van der Waals surface area contributed by atoms with E-state index >= 15 is 0 Å². The van der Waals surface area contributed by atoms with Crippen molar-refractivity contribution in [1.29, 1.82) is 0 Å². The molecule has 0 amide bonds. The molecule has 0 aliphatic heterocycles. The van der Waals surface area contributed by atoms with Crippen LogP contribution in [0.3, 0.4) is 0 Å². The van der Waals surface area contributed by atoms with E-state index in [0.717, 1.165) is 5.01 Å². The van der Waals surface area contributed by atoms with Gasteiger partial charge in [0.05, 0.1) is 14.1 Å². The number of aryl methyl sites for hydroxylation is 1. The Kier molecular flexibility index (Phi) is 1.64. The summed E-state index contributed by atoms with van der Waals surface area (Å²) in [7, 11) is 0. The van der Waals surface area contributed by atoms with E-state index in [9.17, 15) is 0 Å². The fraction of sp³-hybridized carbons (Fsp3) is 0.250. The molecule has 1 nitrogen and oxygen atoms in total. The Bertz CT molecular complexity index is 144. The maximum Gasteiger partial charge on any atom is 0.0905 e. The van der Waals surface area contributed by atoms with Crippen molar-refractivity contribution in [2.75, 3.05) is 0 Å². The molecule has 0 N–H and O–H groups in total. The second-order valence-electron chi connectivity index (χ2n) is 1.18. The van der Waals surface area contributed by atoms with E-state index in [4.69, 9.17) is 0 Å². The first-order chi connectivity index (χ1) is 3.29. The first-order valence-corrected chi connectivity index (χ1v) is 3.76. The molecule has 0 spiro atoms. The van der Waals surface area contributed by atoms with E-state index < -0.39 is 0 Å². The Morgan fingerprint density at radius 3 is 2.71 bits per heavy atom. The van der Waals surface area contributed by atoms with E-state index in [0.29, 0.717) is 0 Å². The summed E-state index contributed by atoms with van der Waals surface area (Å²) >= 11 is 3.97. The maximum atomic E-state index is 4.03. The molecule has 1 heterocycles. The SMILES string of the molecule is Cc1ncc(I)s1. The first-order valence-electron chi connectivity index (χ1n) is 1.87. The normalized spacial score (nSPS) is 9.43. The molecule has 1 rings (SSSR count). The van der Waals surface area contributed by atoms with Crippen molar-refractivity contribution in [3.63, 3.8) is 0 Å². The van der Waals surface area contributed by atoms with Crippen LogP contribution in [-0.4, -0.2) is 4.98 Å². The van der Waals surface area contributed by atoms with Crippen molar-refractivity contribution in [3.05, 3.63) is 14.1 Å². The summed E-state index contributed by atoms with van der Waals surface area (Å²) < 4.78 is 1.26. The van der Waals surface area contributed by atoms with Crippen LogP contribution in [0.15, 0.2) is 6.20 Å². The van der Waals surface area contributed by atoms with Gasteiger partial charge >= 0.3 is 0 Å². The highest BCUT2D eigenvalue weighted by atomic mass is 127. The Hall–Kier alpha value is 0.360. The fourth-order valence-electron chi connectivity index (χ4n) is 0.335. The van der Waals surface area contributed by atoms with Crippen LogP contribution in [-0.2, 0) is 0 Å². The summed E-state index contributed by atoms with van der Waals surface area (Å²) in [6.45, 7) is 2.01. The van der Waals surface area contributed by atoms with Gasteiger partial charge in [-0.1, -0.05) is 0 Å². The molecular formula is C4H4INS. The summed E-state index contributed by atoms with van der Waals surface area (Å²) in [5.41, 5.74) is 0. The van der Waals surface area contributed by atoms with Gasteiger partial charge in [-0.2, -0.15) is 0 Å². The smallest absolute Gasteiger partial charge is 0.0905 e. The minimum absolute atomic E-state index is 1.14. The number of nitrogens with zero attached hydrogens (tertiary/aromatic N) is 1. The number of rotatable bonds is 0. The molecule has 1 aromatic rings. The van der Waals surface area contributed by atoms with Crippen molar-refractivity contribution in [2.45, 2.75) is 6.92 Å². The highest BCUT2D eigenvalue weighted by Crippen LogP contribution is 2.12. The van der Waals surface area contributed by atoms with Gasteiger partial charge in [-0.3, -0.25) is 0 Å². The third-order valence-corrected chi connectivity index (χ3v) is 2.23. The van der Waals surface area contributed by atoms with Gasteiger partial charge in [-0.25, -0.2) is 4.98 Å². The number of hydrogen-bond donors (Lipinski definition) is 0. The Balaban J connectivity index is 3.04. The van der Waals surface area contributed by atoms with Crippen molar-refractivity contribution in [1.82, 2.24) is 4.98 Å². The molecule has 7 heavy (non-hydrogen) atoms. The predicted octanol–water partition coefficient (Wildman–Crippen LogP) is 2.06. The predicted molar refractivity (Wildman–Crippen MR) is 39.6 cm³/mol. The van der Waals surface area contributed by atoms with Gasteiger partial charge in [0.2, 0.25) is 0 Å². The van der Waals surface area contributed by atoms with Gasteiger partial charge in [0.25, 0.3) is 0 Å². The summed E-state index contributed by atoms with van der Waals surface area (Å²) in [6.07, 6.45) is 1.88. The van der Waals surface area contributed by atoms with Crippen LogP contribution in [0.5, 0.6) is 0 Å². The molecule has 0 saturated carbocycles. The number of thiazole rings is 1. The third-order valence-electron chi connectivity index (χ3n) is 0.593. The van der Waals surface area contributed by atoms with Gasteiger partial charge in [0.1, 0.15) is 0 Å². The molecule has 0 radical (unpaired) electrons. The molecule has 38 valence electrons. The zero-order chi connectivity index (χ0) is 5.28. The Morgan fingerprint density at radius 2 is 2.57 bits per heavy atom. The molecule has 0 bridgehead atoms. The van der Waals surface area contributed by atoms with Gasteiger partial charge < -0.3 is 0 Å².